The first kappa shape index (κ1) is 19.8. The normalized spacial score (nSPS) is 23.5. The Morgan fingerprint density at radius 3 is 2.22 bits per heavy atom. The third-order valence-corrected chi connectivity index (χ3v) is 6.08. The fourth-order valence-electron chi connectivity index (χ4n) is 3.86. The molecule has 0 spiro atoms. The number of hydrogen-bond acceptors (Lipinski definition) is 2. The summed E-state index contributed by atoms with van der Waals surface area (Å²) in [5, 5.41) is 6.19. The van der Waals surface area contributed by atoms with Gasteiger partial charge in [-0.3, -0.25) is 9.59 Å². The van der Waals surface area contributed by atoms with Crippen molar-refractivity contribution in [2.45, 2.75) is 39.7 Å². The summed E-state index contributed by atoms with van der Waals surface area (Å²) in [6, 6.07) is 6.30. The molecule has 2 amide bonds. The molecule has 6 nitrogen and oxygen atoms in total. The number of carbonyl (C=O) groups is 2. The van der Waals surface area contributed by atoms with Crippen molar-refractivity contribution in [1.82, 2.24) is 5.32 Å². The van der Waals surface area contributed by atoms with Crippen molar-refractivity contribution >= 4 is 17.5 Å². The second kappa shape index (κ2) is 8.85. The molecule has 1 heterocycles. The van der Waals surface area contributed by atoms with Gasteiger partial charge in [-0.15, -0.1) is 0 Å². The SMILES string of the molecule is Cc1cccc(NC(=O)C[NH+]2CC[NH+](CC(=O)N[C@H](C)C3CC3)CC2)c1C. The minimum Gasteiger partial charge on any atom is -0.348 e. The van der Waals surface area contributed by atoms with E-state index in [2.05, 4.69) is 30.5 Å². The van der Waals surface area contributed by atoms with Gasteiger partial charge in [0.25, 0.3) is 11.8 Å². The van der Waals surface area contributed by atoms with E-state index in [9.17, 15) is 9.59 Å². The first-order valence-electron chi connectivity index (χ1n) is 10.2. The number of benzene rings is 1. The largest absolute Gasteiger partial charge is 0.348 e. The van der Waals surface area contributed by atoms with Crippen LogP contribution in [0.5, 0.6) is 0 Å². The maximum absolute atomic E-state index is 12.4. The number of carbonyl (C=O) groups excluding carboxylic acids is 2. The fourth-order valence-corrected chi connectivity index (χ4v) is 3.86. The van der Waals surface area contributed by atoms with Crippen LogP contribution in [-0.2, 0) is 9.59 Å². The van der Waals surface area contributed by atoms with Gasteiger partial charge in [0.15, 0.2) is 13.1 Å². The molecule has 3 rings (SSSR count). The summed E-state index contributed by atoms with van der Waals surface area (Å²) < 4.78 is 0. The number of rotatable bonds is 7. The number of anilines is 1. The number of nitrogens with one attached hydrogen (secondary N) is 4. The topological polar surface area (TPSA) is 67.1 Å². The van der Waals surface area contributed by atoms with Gasteiger partial charge in [0.2, 0.25) is 0 Å². The molecule has 0 bridgehead atoms. The number of amides is 2. The van der Waals surface area contributed by atoms with E-state index >= 15 is 0 Å². The third kappa shape index (κ3) is 5.78. The molecular weight excluding hydrogens is 340 g/mol. The van der Waals surface area contributed by atoms with Gasteiger partial charge in [-0.2, -0.15) is 0 Å². The minimum atomic E-state index is 0.0677. The molecule has 27 heavy (non-hydrogen) atoms. The van der Waals surface area contributed by atoms with Crippen molar-refractivity contribution in [2.24, 2.45) is 5.92 Å². The van der Waals surface area contributed by atoms with E-state index in [1.807, 2.05) is 19.1 Å². The van der Waals surface area contributed by atoms with E-state index in [1.54, 1.807) is 0 Å². The molecule has 2 aliphatic rings. The van der Waals surface area contributed by atoms with E-state index in [-0.39, 0.29) is 11.8 Å². The van der Waals surface area contributed by atoms with Crippen LogP contribution in [0, 0.1) is 19.8 Å². The van der Waals surface area contributed by atoms with E-state index < -0.39 is 0 Å². The Balaban J connectivity index is 1.38. The molecule has 1 aromatic rings. The van der Waals surface area contributed by atoms with Crippen molar-refractivity contribution in [1.29, 1.82) is 0 Å². The highest BCUT2D eigenvalue weighted by molar-refractivity contribution is 5.92. The molecule has 0 radical (unpaired) electrons. The van der Waals surface area contributed by atoms with Crippen molar-refractivity contribution in [2.75, 3.05) is 44.6 Å². The summed E-state index contributed by atoms with van der Waals surface area (Å²) in [4.78, 5) is 27.2. The van der Waals surface area contributed by atoms with Crippen LogP contribution in [0.1, 0.15) is 30.9 Å². The molecule has 1 saturated heterocycles. The lowest BCUT2D eigenvalue weighted by Gasteiger charge is -2.29. The van der Waals surface area contributed by atoms with Crippen LogP contribution in [0.25, 0.3) is 0 Å². The molecule has 1 aliphatic heterocycles. The van der Waals surface area contributed by atoms with Gasteiger partial charge in [-0.1, -0.05) is 12.1 Å². The first-order chi connectivity index (χ1) is 12.9. The van der Waals surface area contributed by atoms with Crippen LogP contribution in [-0.4, -0.2) is 57.1 Å². The summed E-state index contributed by atoms with van der Waals surface area (Å²) in [6.45, 7) is 11.0. The van der Waals surface area contributed by atoms with Gasteiger partial charge >= 0.3 is 0 Å². The third-order valence-electron chi connectivity index (χ3n) is 6.08. The maximum Gasteiger partial charge on any atom is 0.279 e. The van der Waals surface area contributed by atoms with Crippen LogP contribution in [0.2, 0.25) is 0 Å². The smallest absolute Gasteiger partial charge is 0.279 e. The Hall–Kier alpha value is -1.92. The zero-order valence-corrected chi connectivity index (χ0v) is 16.9. The Morgan fingerprint density at radius 1 is 1.04 bits per heavy atom. The zero-order chi connectivity index (χ0) is 19.4. The number of quaternary nitrogens is 2. The summed E-state index contributed by atoms with van der Waals surface area (Å²) in [5.74, 6) is 0.930. The summed E-state index contributed by atoms with van der Waals surface area (Å²) in [6.07, 6.45) is 2.50. The fraction of sp³-hybridized carbons (Fsp3) is 0.619. The average Bonchev–Trinajstić information content (AvgIpc) is 3.46. The standard InChI is InChI=1S/C21H32N4O2/c1-15-5-4-6-19(16(15)2)23-21(27)14-25-11-9-24(10-12-25)13-20(26)22-17(3)18-7-8-18/h4-6,17-18H,7-14H2,1-3H3,(H,22,26)(H,23,27)/p+2/t17-/m1/s1. The molecule has 0 aromatic heterocycles. The Morgan fingerprint density at radius 2 is 1.63 bits per heavy atom. The molecule has 1 atom stereocenters. The van der Waals surface area contributed by atoms with E-state index in [1.165, 1.54) is 28.2 Å². The average molecular weight is 375 g/mol. The second-order valence-corrected chi connectivity index (χ2v) is 8.34. The highest BCUT2D eigenvalue weighted by Crippen LogP contribution is 2.32. The second-order valence-electron chi connectivity index (χ2n) is 8.34. The molecule has 1 aliphatic carbocycles. The lowest BCUT2D eigenvalue weighted by Crippen LogP contribution is -3.28. The highest BCUT2D eigenvalue weighted by Gasteiger charge is 2.31. The highest BCUT2D eigenvalue weighted by atomic mass is 16.2. The maximum atomic E-state index is 12.4. The quantitative estimate of drug-likeness (QED) is 0.492. The van der Waals surface area contributed by atoms with Crippen molar-refractivity contribution in [3.63, 3.8) is 0 Å². The molecule has 148 valence electrons. The van der Waals surface area contributed by atoms with Gasteiger partial charge in [-0.25, -0.2) is 0 Å². The monoisotopic (exact) mass is 374 g/mol. The van der Waals surface area contributed by atoms with Crippen molar-refractivity contribution in [3.8, 4) is 0 Å². The molecule has 2 fully saturated rings. The van der Waals surface area contributed by atoms with Crippen molar-refractivity contribution < 1.29 is 19.4 Å². The Kier molecular flexibility index (Phi) is 6.50. The Bertz CT molecular complexity index is 679. The van der Waals surface area contributed by atoms with Crippen LogP contribution >= 0.6 is 0 Å². The predicted octanol–water partition coefficient (Wildman–Crippen LogP) is -1.06. The van der Waals surface area contributed by atoms with Gasteiger partial charge in [-0.05, 0) is 56.7 Å². The number of piperazine rings is 1. The molecule has 4 N–H and O–H groups in total. The zero-order valence-electron chi connectivity index (χ0n) is 16.9. The van der Waals surface area contributed by atoms with Crippen LogP contribution in [0.15, 0.2) is 18.2 Å². The van der Waals surface area contributed by atoms with Gasteiger partial charge < -0.3 is 20.4 Å². The summed E-state index contributed by atoms with van der Waals surface area (Å²) in [7, 11) is 0. The van der Waals surface area contributed by atoms with Gasteiger partial charge in [0.05, 0.1) is 0 Å². The van der Waals surface area contributed by atoms with Gasteiger partial charge in [0.1, 0.15) is 26.2 Å². The van der Waals surface area contributed by atoms with Crippen LogP contribution in [0.3, 0.4) is 0 Å². The summed E-state index contributed by atoms with van der Waals surface area (Å²) in [5.41, 5.74) is 3.22. The molecule has 6 heteroatoms. The van der Waals surface area contributed by atoms with E-state index in [4.69, 9.17) is 0 Å². The van der Waals surface area contributed by atoms with E-state index in [0.29, 0.717) is 25.0 Å². The number of aryl methyl sites for hydroxylation is 1. The van der Waals surface area contributed by atoms with Crippen LogP contribution < -0.4 is 20.4 Å². The predicted molar refractivity (Wildman–Crippen MR) is 106 cm³/mol. The molecular formula is C21H34N4O2+2. The molecule has 0 unspecified atom stereocenters. The first-order valence-corrected chi connectivity index (χ1v) is 10.2. The van der Waals surface area contributed by atoms with Crippen molar-refractivity contribution in [3.05, 3.63) is 29.3 Å². The molecule has 1 saturated carbocycles. The summed E-state index contributed by atoms with van der Waals surface area (Å²) >= 11 is 0. The van der Waals surface area contributed by atoms with Gasteiger partial charge in [0, 0.05) is 11.7 Å². The molecule has 1 aromatic carbocycles. The Labute approximate surface area is 162 Å². The lowest BCUT2D eigenvalue weighted by molar-refractivity contribution is -1.00. The minimum absolute atomic E-state index is 0.0677. The lowest BCUT2D eigenvalue weighted by atomic mass is 10.1. The van der Waals surface area contributed by atoms with Crippen LogP contribution in [0.4, 0.5) is 5.69 Å². The van der Waals surface area contributed by atoms with E-state index in [0.717, 1.165) is 37.4 Å². The number of hydrogen-bond donors (Lipinski definition) is 4.